The fourth-order valence-corrected chi connectivity index (χ4v) is 1.12. The van der Waals surface area contributed by atoms with Crippen molar-refractivity contribution in [1.29, 1.82) is 0 Å². The highest BCUT2D eigenvalue weighted by molar-refractivity contribution is 7.05. The standard InChI is InChI=1S/C4H6N2O.C4H5NS/c1-3-2-4(7)6-5-3;1-4-2-3-5-6-4/h2H,1H3,(H2,5,6,7);2-3H,1H3. The molecule has 0 unspecified atom stereocenters. The Hall–Kier alpha value is -1.36. The third kappa shape index (κ3) is 3.71. The Balaban J connectivity index is 0.000000132. The molecule has 2 aromatic heterocycles. The van der Waals surface area contributed by atoms with E-state index in [0.29, 0.717) is 0 Å². The predicted octanol–water partition coefficient (Wildman–Crippen LogP) is 1.46. The van der Waals surface area contributed by atoms with Gasteiger partial charge in [0.25, 0.3) is 5.56 Å². The van der Waals surface area contributed by atoms with E-state index in [2.05, 4.69) is 14.6 Å². The average molecular weight is 197 g/mol. The first kappa shape index (κ1) is 9.73. The molecule has 0 amide bonds. The Morgan fingerprint density at radius 3 is 2.31 bits per heavy atom. The van der Waals surface area contributed by atoms with E-state index in [9.17, 15) is 4.79 Å². The summed E-state index contributed by atoms with van der Waals surface area (Å²) in [5.41, 5.74) is 0.794. The Bertz CT molecular complexity index is 387. The molecule has 0 spiro atoms. The van der Waals surface area contributed by atoms with Crippen LogP contribution in [0.2, 0.25) is 0 Å². The van der Waals surface area contributed by atoms with Crippen LogP contribution in [0.3, 0.4) is 0 Å². The first-order valence-electron chi connectivity index (χ1n) is 3.80. The fraction of sp³-hybridized carbons (Fsp3) is 0.250. The number of hydrogen-bond acceptors (Lipinski definition) is 3. The van der Waals surface area contributed by atoms with Crippen molar-refractivity contribution in [3.05, 3.63) is 39.3 Å². The predicted molar refractivity (Wildman–Crippen MR) is 53.0 cm³/mol. The summed E-state index contributed by atoms with van der Waals surface area (Å²) in [7, 11) is 0. The van der Waals surface area contributed by atoms with E-state index in [0.717, 1.165) is 5.69 Å². The minimum atomic E-state index is -0.0718. The van der Waals surface area contributed by atoms with E-state index in [-0.39, 0.29) is 5.56 Å². The zero-order chi connectivity index (χ0) is 9.68. The lowest BCUT2D eigenvalue weighted by molar-refractivity contribution is 1.02. The van der Waals surface area contributed by atoms with Crippen LogP contribution in [0.1, 0.15) is 10.6 Å². The van der Waals surface area contributed by atoms with Gasteiger partial charge >= 0.3 is 0 Å². The van der Waals surface area contributed by atoms with Gasteiger partial charge in [-0.25, -0.2) is 4.37 Å². The highest BCUT2D eigenvalue weighted by Crippen LogP contribution is 1.98. The molecule has 2 rings (SSSR count). The van der Waals surface area contributed by atoms with E-state index < -0.39 is 0 Å². The van der Waals surface area contributed by atoms with Gasteiger partial charge in [0.1, 0.15) is 0 Å². The molecule has 2 N–H and O–H groups in total. The van der Waals surface area contributed by atoms with E-state index in [1.807, 2.05) is 19.9 Å². The van der Waals surface area contributed by atoms with Crippen molar-refractivity contribution in [3.63, 3.8) is 0 Å². The first-order chi connectivity index (χ1) is 6.18. The maximum atomic E-state index is 10.2. The largest absolute Gasteiger partial charge is 0.303 e. The van der Waals surface area contributed by atoms with Gasteiger partial charge in [0.05, 0.1) is 0 Å². The van der Waals surface area contributed by atoms with Crippen LogP contribution < -0.4 is 5.56 Å². The Labute approximate surface area is 79.8 Å². The molecule has 5 heteroatoms. The molecule has 0 saturated carbocycles. The van der Waals surface area contributed by atoms with Gasteiger partial charge in [-0.05, 0) is 31.4 Å². The molecule has 70 valence electrons. The van der Waals surface area contributed by atoms with Crippen LogP contribution in [0, 0.1) is 13.8 Å². The minimum Gasteiger partial charge on any atom is -0.303 e. The zero-order valence-electron chi connectivity index (χ0n) is 7.50. The van der Waals surface area contributed by atoms with Gasteiger partial charge in [0, 0.05) is 22.8 Å². The Kier molecular flexibility index (Phi) is 3.45. The summed E-state index contributed by atoms with van der Waals surface area (Å²) in [4.78, 5) is 11.5. The molecule has 0 aromatic carbocycles. The fourth-order valence-electron chi connectivity index (χ4n) is 0.708. The summed E-state index contributed by atoms with van der Waals surface area (Å²) < 4.78 is 3.86. The van der Waals surface area contributed by atoms with Crippen LogP contribution in [0.15, 0.2) is 23.1 Å². The smallest absolute Gasteiger partial charge is 0.264 e. The van der Waals surface area contributed by atoms with Gasteiger partial charge < -0.3 is 5.10 Å². The van der Waals surface area contributed by atoms with Crippen molar-refractivity contribution in [3.8, 4) is 0 Å². The normalized spacial score (nSPS) is 9.08. The van der Waals surface area contributed by atoms with Crippen molar-refractivity contribution in [2.45, 2.75) is 13.8 Å². The summed E-state index contributed by atoms with van der Waals surface area (Å²) in [5, 5.41) is 5.02. The van der Waals surface area contributed by atoms with Crippen LogP contribution in [-0.2, 0) is 0 Å². The number of aryl methyl sites for hydroxylation is 2. The second kappa shape index (κ2) is 4.61. The maximum absolute atomic E-state index is 10.2. The van der Waals surface area contributed by atoms with Gasteiger partial charge in [0.2, 0.25) is 0 Å². The second-order valence-corrected chi connectivity index (χ2v) is 3.60. The molecule has 0 bridgehead atoms. The Morgan fingerprint density at radius 1 is 1.38 bits per heavy atom. The maximum Gasteiger partial charge on any atom is 0.264 e. The molecule has 2 aromatic rings. The summed E-state index contributed by atoms with van der Waals surface area (Å²) in [6.45, 7) is 3.86. The number of aromatic amines is 2. The molecule has 0 aliphatic rings. The van der Waals surface area contributed by atoms with Crippen LogP contribution in [-0.4, -0.2) is 14.6 Å². The van der Waals surface area contributed by atoms with E-state index in [4.69, 9.17) is 0 Å². The third-order valence-electron chi connectivity index (χ3n) is 1.30. The Morgan fingerprint density at radius 2 is 2.15 bits per heavy atom. The van der Waals surface area contributed by atoms with E-state index >= 15 is 0 Å². The molecule has 0 radical (unpaired) electrons. The molecule has 0 fully saturated rings. The number of rotatable bonds is 0. The van der Waals surface area contributed by atoms with Gasteiger partial charge in [-0.2, -0.15) is 0 Å². The van der Waals surface area contributed by atoms with Crippen molar-refractivity contribution in [2.75, 3.05) is 0 Å². The SMILES string of the molecule is Cc1cc(=O)[nH][nH]1.Cc1ccns1. The lowest BCUT2D eigenvalue weighted by Gasteiger charge is -1.69. The van der Waals surface area contributed by atoms with Gasteiger partial charge in [-0.1, -0.05) is 0 Å². The third-order valence-corrected chi connectivity index (χ3v) is 1.95. The van der Waals surface area contributed by atoms with Gasteiger partial charge in [-0.3, -0.25) is 9.89 Å². The van der Waals surface area contributed by atoms with Crippen molar-refractivity contribution < 1.29 is 0 Å². The molecular formula is C8H11N3OS. The summed E-state index contributed by atoms with van der Waals surface area (Å²) in [6.07, 6.45) is 1.81. The number of H-pyrrole nitrogens is 2. The molecule has 0 aliphatic heterocycles. The molecular weight excluding hydrogens is 186 g/mol. The van der Waals surface area contributed by atoms with Gasteiger partial charge in [-0.15, -0.1) is 0 Å². The lowest BCUT2D eigenvalue weighted by atomic mass is 10.5. The zero-order valence-corrected chi connectivity index (χ0v) is 8.31. The molecule has 0 saturated heterocycles. The first-order valence-corrected chi connectivity index (χ1v) is 4.57. The lowest BCUT2D eigenvalue weighted by Crippen LogP contribution is -1.93. The summed E-state index contributed by atoms with van der Waals surface area (Å²) in [5.74, 6) is 0. The summed E-state index contributed by atoms with van der Waals surface area (Å²) >= 11 is 1.53. The van der Waals surface area contributed by atoms with Crippen LogP contribution >= 0.6 is 11.5 Å². The number of nitrogens with one attached hydrogen (secondary N) is 2. The molecule has 4 nitrogen and oxygen atoms in total. The summed E-state index contributed by atoms with van der Waals surface area (Å²) in [6, 6.07) is 3.49. The molecule has 0 atom stereocenters. The van der Waals surface area contributed by atoms with Crippen LogP contribution in [0.5, 0.6) is 0 Å². The highest BCUT2D eigenvalue weighted by atomic mass is 32.1. The van der Waals surface area contributed by atoms with Crippen molar-refractivity contribution in [2.24, 2.45) is 0 Å². The number of hydrogen-bond donors (Lipinski definition) is 2. The van der Waals surface area contributed by atoms with E-state index in [1.54, 1.807) is 6.20 Å². The number of aromatic nitrogens is 3. The monoisotopic (exact) mass is 197 g/mol. The minimum absolute atomic E-state index is 0.0718. The second-order valence-electron chi connectivity index (χ2n) is 2.56. The van der Waals surface area contributed by atoms with E-state index in [1.165, 1.54) is 22.5 Å². The van der Waals surface area contributed by atoms with Crippen LogP contribution in [0.25, 0.3) is 0 Å². The topological polar surface area (TPSA) is 61.5 Å². The molecule has 2 heterocycles. The van der Waals surface area contributed by atoms with Gasteiger partial charge in [0.15, 0.2) is 0 Å². The average Bonchev–Trinajstić information content (AvgIpc) is 2.64. The van der Waals surface area contributed by atoms with Crippen molar-refractivity contribution >= 4 is 11.5 Å². The number of nitrogens with zero attached hydrogens (tertiary/aromatic N) is 1. The quantitative estimate of drug-likeness (QED) is 0.671. The van der Waals surface area contributed by atoms with Crippen LogP contribution in [0.4, 0.5) is 0 Å². The van der Waals surface area contributed by atoms with Crippen molar-refractivity contribution in [1.82, 2.24) is 14.6 Å². The molecule has 13 heavy (non-hydrogen) atoms. The molecule has 0 aliphatic carbocycles. The highest BCUT2D eigenvalue weighted by Gasteiger charge is 1.81.